The number of benzene rings is 1. The van der Waals surface area contributed by atoms with Crippen LogP contribution in [-0.2, 0) is 13.5 Å². The SMILES string of the molecule is Cc1ncsc1C(=O)N1CCC(Cc2nn(C)cc2C(=O)Nc2ccc(F)cc2)CC1. The number of hydrogen-bond acceptors (Lipinski definition) is 5. The molecule has 3 heterocycles. The van der Waals surface area contributed by atoms with Crippen molar-refractivity contribution in [3.8, 4) is 0 Å². The average Bonchev–Trinajstić information content (AvgIpc) is 3.35. The van der Waals surface area contributed by atoms with E-state index in [4.69, 9.17) is 0 Å². The van der Waals surface area contributed by atoms with Crippen LogP contribution in [0.4, 0.5) is 10.1 Å². The Kier molecular flexibility index (Phi) is 6.13. The highest BCUT2D eigenvalue weighted by Gasteiger charge is 2.27. The van der Waals surface area contributed by atoms with Gasteiger partial charge in [-0.25, -0.2) is 9.37 Å². The summed E-state index contributed by atoms with van der Waals surface area (Å²) in [6.45, 7) is 3.23. The summed E-state index contributed by atoms with van der Waals surface area (Å²) in [5, 5.41) is 7.30. The minimum Gasteiger partial charge on any atom is -0.338 e. The van der Waals surface area contributed by atoms with Crippen molar-refractivity contribution in [1.29, 1.82) is 0 Å². The van der Waals surface area contributed by atoms with Gasteiger partial charge in [0.2, 0.25) is 0 Å². The lowest BCUT2D eigenvalue weighted by Crippen LogP contribution is -2.39. The van der Waals surface area contributed by atoms with E-state index in [2.05, 4.69) is 15.4 Å². The third kappa shape index (κ3) is 4.82. The van der Waals surface area contributed by atoms with Crippen molar-refractivity contribution in [3.05, 3.63) is 63.6 Å². The number of aromatic nitrogens is 3. The van der Waals surface area contributed by atoms with Crippen LogP contribution in [0.25, 0.3) is 0 Å². The van der Waals surface area contributed by atoms with Gasteiger partial charge in [-0.1, -0.05) is 0 Å². The lowest BCUT2D eigenvalue weighted by Gasteiger charge is -2.31. The van der Waals surface area contributed by atoms with Gasteiger partial charge < -0.3 is 10.2 Å². The first-order chi connectivity index (χ1) is 14.9. The van der Waals surface area contributed by atoms with Crippen molar-refractivity contribution in [1.82, 2.24) is 19.7 Å². The first kappa shape index (κ1) is 21.2. The minimum atomic E-state index is -0.351. The number of aryl methyl sites for hydroxylation is 2. The van der Waals surface area contributed by atoms with E-state index in [1.54, 1.807) is 23.4 Å². The lowest BCUT2D eigenvalue weighted by atomic mass is 9.91. The number of hydrogen-bond donors (Lipinski definition) is 1. The molecule has 1 saturated heterocycles. The molecule has 0 bridgehead atoms. The Morgan fingerprint density at radius 2 is 1.94 bits per heavy atom. The first-order valence-electron chi connectivity index (χ1n) is 10.2. The van der Waals surface area contributed by atoms with Gasteiger partial charge in [0.05, 0.1) is 22.5 Å². The quantitative estimate of drug-likeness (QED) is 0.655. The molecule has 0 unspecified atom stereocenters. The van der Waals surface area contributed by atoms with E-state index in [-0.39, 0.29) is 17.6 Å². The van der Waals surface area contributed by atoms with Crippen LogP contribution < -0.4 is 5.32 Å². The molecule has 1 aromatic carbocycles. The molecule has 31 heavy (non-hydrogen) atoms. The maximum absolute atomic E-state index is 13.1. The largest absolute Gasteiger partial charge is 0.338 e. The summed E-state index contributed by atoms with van der Waals surface area (Å²) in [6, 6.07) is 5.67. The van der Waals surface area contributed by atoms with Crippen LogP contribution >= 0.6 is 11.3 Å². The first-order valence-corrected chi connectivity index (χ1v) is 11.1. The molecule has 2 amide bonds. The highest BCUT2D eigenvalue weighted by atomic mass is 32.1. The Morgan fingerprint density at radius 3 is 2.58 bits per heavy atom. The van der Waals surface area contributed by atoms with Crippen molar-refractivity contribution in [2.45, 2.75) is 26.2 Å². The number of thiazole rings is 1. The molecule has 1 aliphatic rings. The van der Waals surface area contributed by atoms with Crippen molar-refractivity contribution < 1.29 is 14.0 Å². The summed E-state index contributed by atoms with van der Waals surface area (Å²) < 4.78 is 14.7. The van der Waals surface area contributed by atoms with Gasteiger partial charge >= 0.3 is 0 Å². The number of amides is 2. The van der Waals surface area contributed by atoms with E-state index < -0.39 is 0 Å². The van der Waals surface area contributed by atoms with Crippen molar-refractivity contribution in [2.24, 2.45) is 13.0 Å². The molecular weight excluding hydrogens is 417 g/mol. The molecule has 0 radical (unpaired) electrons. The summed E-state index contributed by atoms with van der Waals surface area (Å²) >= 11 is 1.38. The highest BCUT2D eigenvalue weighted by Crippen LogP contribution is 2.25. The Balaban J connectivity index is 1.38. The van der Waals surface area contributed by atoms with Crippen LogP contribution in [0.2, 0.25) is 0 Å². The number of nitrogens with zero attached hydrogens (tertiary/aromatic N) is 4. The number of piperidine rings is 1. The molecule has 4 rings (SSSR count). The minimum absolute atomic E-state index is 0.0515. The van der Waals surface area contributed by atoms with Gasteiger partial charge in [-0.2, -0.15) is 5.10 Å². The number of halogens is 1. The molecule has 0 aliphatic carbocycles. The number of anilines is 1. The van der Waals surface area contributed by atoms with E-state index in [0.717, 1.165) is 24.2 Å². The van der Waals surface area contributed by atoms with Gasteiger partial charge in [-0.3, -0.25) is 14.3 Å². The standard InChI is InChI=1S/C22H24FN5O2S/c1-14-20(31-13-24-14)22(30)28-9-7-15(8-10-28)11-19-18(12-27(2)26-19)21(29)25-17-5-3-16(23)4-6-17/h3-6,12-13,15H,7-11H2,1-2H3,(H,25,29). The number of carbonyl (C=O) groups excluding carboxylic acids is 2. The molecule has 7 nitrogen and oxygen atoms in total. The molecule has 1 aliphatic heterocycles. The van der Waals surface area contributed by atoms with Gasteiger partial charge in [0.1, 0.15) is 10.7 Å². The van der Waals surface area contributed by atoms with Gasteiger partial charge in [-0.15, -0.1) is 11.3 Å². The molecule has 0 atom stereocenters. The van der Waals surface area contributed by atoms with Gasteiger partial charge in [0.25, 0.3) is 11.8 Å². The molecule has 162 valence electrons. The van der Waals surface area contributed by atoms with E-state index in [0.29, 0.717) is 41.6 Å². The molecule has 0 saturated carbocycles. The summed E-state index contributed by atoms with van der Waals surface area (Å²) in [7, 11) is 1.79. The molecular formula is C22H24FN5O2S. The maximum Gasteiger partial charge on any atom is 0.265 e. The zero-order valence-electron chi connectivity index (χ0n) is 17.5. The second kappa shape index (κ2) is 8.97. The van der Waals surface area contributed by atoms with Crippen molar-refractivity contribution >= 4 is 28.8 Å². The van der Waals surface area contributed by atoms with Crippen molar-refractivity contribution in [3.63, 3.8) is 0 Å². The molecule has 1 fully saturated rings. The topological polar surface area (TPSA) is 80.1 Å². The Hall–Kier alpha value is -3.07. The summed E-state index contributed by atoms with van der Waals surface area (Å²) in [4.78, 5) is 32.2. The third-order valence-electron chi connectivity index (χ3n) is 5.58. The molecule has 3 aromatic rings. The van der Waals surface area contributed by atoms with E-state index >= 15 is 0 Å². The van der Waals surface area contributed by atoms with Crippen LogP contribution in [0.1, 0.15) is 44.3 Å². The monoisotopic (exact) mass is 441 g/mol. The fraction of sp³-hybridized carbons (Fsp3) is 0.364. The molecule has 9 heteroatoms. The predicted octanol–water partition coefficient (Wildman–Crippen LogP) is 3.67. The fourth-order valence-electron chi connectivity index (χ4n) is 3.87. The Labute approximate surface area is 183 Å². The van der Waals surface area contributed by atoms with Gasteiger partial charge in [0, 0.05) is 32.0 Å². The second-order valence-corrected chi connectivity index (χ2v) is 8.69. The average molecular weight is 442 g/mol. The Morgan fingerprint density at radius 1 is 1.23 bits per heavy atom. The number of likely N-dealkylation sites (tertiary alicyclic amines) is 1. The predicted molar refractivity (Wildman–Crippen MR) is 117 cm³/mol. The number of nitrogens with one attached hydrogen (secondary N) is 1. The molecule has 1 N–H and O–H groups in total. The zero-order valence-corrected chi connectivity index (χ0v) is 18.3. The molecule has 0 spiro atoms. The van der Waals surface area contributed by atoms with Gasteiger partial charge in [-0.05, 0) is 56.4 Å². The number of carbonyl (C=O) groups is 2. The van der Waals surface area contributed by atoms with Crippen LogP contribution in [0, 0.1) is 18.7 Å². The fourth-order valence-corrected chi connectivity index (χ4v) is 4.64. The van der Waals surface area contributed by atoms with Crippen LogP contribution in [0.15, 0.2) is 36.0 Å². The van der Waals surface area contributed by atoms with E-state index in [1.165, 1.54) is 35.6 Å². The number of rotatable bonds is 5. The van der Waals surface area contributed by atoms with Gasteiger partial charge in [0.15, 0.2) is 0 Å². The Bertz CT molecular complexity index is 1080. The van der Waals surface area contributed by atoms with E-state index in [1.807, 2.05) is 11.8 Å². The smallest absolute Gasteiger partial charge is 0.265 e. The lowest BCUT2D eigenvalue weighted by molar-refractivity contribution is 0.0694. The van der Waals surface area contributed by atoms with Crippen molar-refractivity contribution in [2.75, 3.05) is 18.4 Å². The van der Waals surface area contributed by atoms with E-state index in [9.17, 15) is 14.0 Å². The normalized spacial score (nSPS) is 14.6. The van der Waals surface area contributed by atoms with Crippen LogP contribution in [0.3, 0.4) is 0 Å². The summed E-state index contributed by atoms with van der Waals surface area (Å²) in [6.07, 6.45) is 4.10. The zero-order chi connectivity index (χ0) is 22.0. The maximum atomic E-state index is 13.1. The second-order valence-electron chi connectivity index (χ2n) is 7.83. The highest BCUT2D eigenvalue weighted by molar-refractivity contribution is 7.11. The third-order valence-corrected chi connectivity index (χ3v) is 6.49. The van der Waals surface area contributed by atoms with Crippen LogP contribution in [0.5, 0.6) is 0 Å². The summed E-state index contributed by atoms with van der Waals surface area (Å²) in [5.74, 6) is -0.215. The molecule has 2 aromatic heterocycles. The van der Waals surface area contributed by atoms with Crippen LogP contribution in [-0.4, -0.2) is 44.6 Å². The summed E-state index contributed by atoms with van der Waals surface area (Å²) in [5.41, 5.74) is 4.28.